The fraction of sp³-hybridized carbons (Fsp3) is 0.400. The van der Waals surface area contributed by atoms with E-state index >= 15 is 0 Å². The Morgan fingerprint density at radius 2 is 2.14 bits per heavy atom. The lowest BCUT2D eigenvalue weighted by Gasteiger charge is -2.20. The third kappa shape index (κ3) is 3.00. The van der Waals surface area contributed by atoms with E-state index in [2.05, 4.69) is 10.3 Å². The molecule has 2 aromatic rings. The number of thiazole rings is 1. The van der Waals surface area contributed by atoms with Gasteiger partial charge < -0.3 is 14.8 Å². The minimum absolute atomic E-state index is 0.00944. The molecular weight excluding hydrogens is 308 g/mol. The maximum atomic E-state index is 6.54. The monoisotopic (exact) mass is 324 g/mol. The van der Waals surface area contributed by atoms with Crippen molar-refractivity contribution in [2.75, 3.05) is 14.2 Å². The first-order valence-corrected chi connectivity index (χ1v) is 8.06. The standard InChI is InChI=1S/C15H17ClN2O2S/c1-19-11-6-5-10(12(16)14(11)20-2)13(18-9-3-4-9)15-17-7-8-21-15/h5-9,13,18H,3-4H2,1-2H3. The molecule has 1 saturated carbocycles. The number of halogens is 1. The lowest BCUT2D eigenvalue weighted by Crippen LogP contribution is -2.24. The number of benzene rings is 1. The summed E-state index contributed by atoms with van der Waals surface area (Å²) in [4.78, 5) is 4.44. The van der Waals surface area contributed by atoms with E-state index in [1.807, 2.05) is 23.7 Å². The van der Waals surface area contributed by atoms with E-state index in [4.69, 9.17) is 21.1 Å². The number of nitrogens with one attached hydrogen (secondary N) is 1. The minimum atomic E-state index is -0.00944. The molecule has 1 fully saturated rings. The van der Waals surface area contributed by atoms with Crippen LogP contribution in [0.5, 0.6) is 11.5 Å². The molecule has 1 aromatic carbocycles. The van der Waals surface area contributed by atoms with Gasteiger partial charge in [0.05, 0.1) is 25.3 Å². The van der Waals surface area contributed by atoms with Gasteiger partial charge in [0, 0.05) is 17.6 Å². The molecular formula is C15H17ClN2O2S. The van der Waals surface area contributed by atoms with Gasteiger partial charge in [0.1, 0.15) is 5.01 Å². The van der Waals surface area contributed by atoms with E-state index in [9.17, 15) is 0 Å². The van der Waals surface area contributed by atoms with Crippen molar-refractivity contribution < 1.29 is 9.47 Å². The minimum Gasteiger partial charge on any atom is -0.493 e. The van der Waals surface area contributed by atoms with Crippen molar-refractivity contribution in [2.24, 2.45) is 0 Å². The van der Waals surface area contributed by atoms with Crippen LogP contribution >= 0.6 is 22.9 Å². The summed E-state index contributed by atoms with van der Waals surface area (Å²) in [5.74, 6) is 1.20. The summed E-state index contributed by atoms with van der Waals surface area (Å²) in [6.45, 7) is 0. The topological polar surface area (TPSA) is 43.4 Å². The summed E-state index contributed by atoms with van der Waals surface area (Å²) >= 11 is 8.16. The molecule has 3 rings (SSSR count). The highest BCUT2D eigenvalue weighted by atomic mass is 35.5. The second-order valence-electron chi connectivity index (χ2n) is 4.95. The van der Waals surface area contributed by atoms with Gasteiger partial charge in [-0.1, -0.05) is 17.7 Å². The second-order valence-corrected chi connectivity index (χ2v) is 6.25. The van der Waals surface area contributed by atoms with Gasteiger partial charge in [0.15, 0.2) is 11.5 Å². The van der Waals surface area contributed by atoms with Gasteiger partial charge in [0.2, 0.25) is 0 Å². The van der Waals surface area contributed by atoms with Crippen LogP contribution in [0, 0.1) is 0 Å². The molecule has 1 aromatic heterocycles. The van der Waals surface area contributed by atoms with E-state index in [0.717, 1.165) is 10.6 Å². The van der Waals surface area contributed by atoms with Gasteiger partial charge in [-0.15, -0.1) is 11.3 Å². The Kier molecular flexibility index (Phi) is 4.33. The molecule has 0 bridgehead atoms. The molecule has 1 atom stereocenters. The van der Waals surface area contributed by atoms with Crippen LogP contribution in [-0.4, -0.2) is 25.2 Å². The normalized spacial score (nSPS) is 15.8. The highest BCUT2D eigenvalue weighted by molar-refractivity contribution is 7.09. The Morgan fingerprint density at radius 3 is 2.71 bits per heavy atom. The third-order valence-electron chi connectivity index (χ3n) is 3.50. The Morgan fingerprint density at radius 1 is 1.33 bits per heavy atom. The van der Waals surface area contributed by atoms with Crippen molar-refractivity contribution >= 4 is 22.9 Å². The fourth-order valence-electron chi connectivity index (χ4n) is 2.28. The average Bonchev–Trinajstić information content (AvgIpc) is 3.16. The molecule has 112 valence electrons. The first-order valence-electron chi connectivity index (χ1n) is 6.80. The predicted octanol–water partition coefficient (Wildman–Crippen LogP) is 3.66. The average molecular weight is 325 g/mol. The quantitative estimate of drug-likeness (QED) is 0.880. The van der Waals surface area contributed by atoms with Gasteiger partial charge in [-0.05, 0) is 24.5 Å². The molecule has 6 heteroatoms. The lowest BCUT2D eigenvalue weighted by molar-refractivity contribution is 0.354. The fourth-order valence-corrected chi connectivity index (χ4v) is 3.34. The van der Waals surface area contributed by atoms with Crippen molar-refractivity contribution in [3.05, 3.63) is 39.3 Å². The molecule has 1 unspecified atom stereocenters. The second kappa shape index (κ2) is 6.22. The summed E-state index contributed by atoms with van der Waals surface area (Å²) < 4.78 is 10.7. The van der Waals surface area contributed by atoms with Crippen LogP contribution < -0.4 is 14.8 Å². The Bertz CT molecular complexity index is 614. The van der Waals surface area contributed by atoms with Gasteiger partial charge in [-0.3, -0.25) is 0 Å². The molecule has 0 saturated heterocycles. The van der Waals surface area contributed by atoms with Crippen LogP contribution in [0.15, 0.2) is 23.7 Å². The number of nitrogens with zero attached hydrogens (tertiary/aromatic N) is 1. The number of hydrogen-bond acceptors (Lipinski definition) is 5. The number of hydrogen-bond donors (Lipinski definition) is 1. The van der Waals surface area contributed by atoms with Crippen molar-refractivity contribution in [3.63, 3.8) is 0 Å². The van der Waals surface area contributed by atoms with Crippen molar-refractivity contribution in [2.45, 2.75) is 24.9 Å². The number of methoxy groups -OCH3 is 2. The van der Waals surface area contributed by atoms with Gasteiger partial charge in [-0.25, -0.2) is 4.98 Å². The predicted molar refractivity (Wildman–Crippen MR) is 84.7 cm³/mol. The van der Waals surface area contributed by atoms with E-state index < -0.39 is 0 Å². The maximum Gasteiger partial charge on any atom is 0.179 e. The van der Waals surface area contributed by atoms with Crippen LogP contribution in [0.3, 0.4) is 0 Å². The van der Waals surface area contributed by atoms with Crippen LogP contribution in [0.4, 0.5) is 0 Å². The summed E-state index contributed by atoms with van der Waals surface area (Å²) in [7, 11) is 3.20. The molecule has 0 aliphatic heterocycles. The van der Waals surface area contributed by atoms with E-state index in [0.29, 0.717) is 22.6 Å². The van der Waals surface area contributed by atoms with Gasteiger partial charge in [-0.2, -0.15) is 0 Å². The zero-order valence-corrected chi connectivity index (χ0v) is 13.5. The smallest absolute Gasteiger partial charge is 0.179 e. The molecule has 0 spiro atoms. The zero-order valence-electron chi connectivity index (χ0n) is 11.9. The molecule has 4 nitrogen and oxygen atoms in total. The van der Waals surface area contributed by atoms with Crippen molar-refractivity contribution in [1.82, 2.24) is 10.3 Å². The Hall–Kier alpha value is -1.30. The molecule has 1 aliphatic carbocycles. The van der Waals surface area contributed by atoms with E-state index in [-0.39, 0.29) is 6.04 Å². The first kappa shape index (κ1) is 14.6. The molecule has 1 heterocycles. The lowest BCUT2D eigenvalue weighted by atomic mass is 10.1. The zero-order chi connectivity index (χ0) is 14.8. The summed E-state index contributed by atoms with van der Waals surface area (Å²) in [6.07, 6.45) is 4.22. The third-order valence-corrected chi connectivity index (χ3v) is 4.73. The molecule has 1 aliphatic rings. The van der Waals surface area contributed by atoms with Gasteiger partial charge in [0.25, 0.3) is 0 Å². The number of ether oxygens (including phenoxy) is 2. The highest BCUT2D eigenvalue weighted by Gasteiger charge is 2.30. The van der Waals surface area contributed by atoms with Crippen molar-refractivity contribution in [1.29, 1.82) is 0 Å². The van der Waals surface area contributed by atoms with Crippen LogP contribution in [0.25, 0.3) is 0 Å². The Labute approximate surface area is 133 Å². The Balaban J connectivity index is 2.02. The molecule has 0 amide bonds. The molecule has 0 radical (unpaired) electrons. The summed E-state index contributed by atoms with van der Waals surface area (Å²) in [6, 6.07) is 4.40. The highest BCUT2D eigenvalue weighted by Crippen LogP contribution is 2.42. The van der Waals surface area contributed by atoms with Crippen LogP contribution in [0.1, 0.15) is 29.5 Å². The van der Waals surface area contributed by atoms with Crippen molar-refractivity contribution in [3.8, 4) is 11.5 Å². The van der Waals surface area contributed by atoms with E-state index in [1.165, 1.54) is 12.8 Å². The number of rotatable bonds is 6. The summed E-state index contributed by atoms with van der Waals surface area (Å²) in [5.41, 5.74) is 0.969. The molecule has 21 heavy (non-hydrogen) atoms. The number of aromatic nitrogens is 1. The summed E-state index contributed by atoms with van der Waals surface area (Å²) in [5, 5.41) is 7.17. The molecule has 1 N–H and O–H groups in total. The largest absolute Gasteiger partial charge is 0.493 e. The van der Waals surface area contributed by atoms with Gasteiger partial charge >= 0.3 is 0 Å². The first-order chi connectivity index (χ1) is 10.2. The maximum absolute atomic E-state index is 6.54. The van der Waals surface area contributed by atoms with E-state index in [1.54, 1.807) is 25.6 Å². The van der Waals surface area contributed by atoms with Crippen LogP contribution in [-0.2, 0) is 0 Å². The SMILES string of the molecule is COc1ccc(C(NC2CC2)c2nccs2)c(Cl)c1OC. The van der Waals surface area contributed by atoms with Crippen LogP contribution in [0.2, 0.25) is 5.02 Å².